The largest absolute Gasteiger partial charge is 0.329 e. The van der Waals surface area contributed by atoms with Crippen molar-refractivity contribution in [2.45, 2.75) is 60.7 Å². The quantitative estimate of drug-likeness (QED) is 0.436. The number of rotatable bonds is 5. The Bertz CT molecular complexity index is 1500. The molecule has 4 rings (SSSR count). The van der Waals surface area contributed by atoms with Gasteiger partial charge in [0.1, 0.15) is 0 Å². The van der Waals surface area contributed by atoms with Gasteiger partial charge in [-0.3, -0.25) is 23.3 Å². The zero-order valence-electron chi connectivity index (χ0n) is 19.5. The Hall–Kier alpha value is -3.41. The second-order valence-electron chi connectivity index (χ2n) is 8.53. The summed E-state index contributed by atoms with van der Waals surface area (Å²) in [5, 5.41) is 0.983. The molecule has 32 heavy (non-hydrogen) atoms. The number of aromatic nitrogens is 3. The van der Waals surface area contributed by atoms with Crippen LogP contribution in [0.25, 0.3) is 21.9 Å². The first-order chi connectivity index (χ1) is 15.2. The Kier molecular flexibility index (Phi) is 5.41. The molecule has 1 atom stereocenters. The van der Waals surface area contributed by atoms with E-state index in [1.165, 1.54) is 0 Å². The molecular formula is C26H29N3O3. The fourth-order valence-electron chi connectivity index (χ4n) is 4.85. The Balaban J connectivity index is 1.90. The molecule has 0 aliphatic carbocycles. The third-order valence-electron chi connectivity index (χ3n) is 6.39. The highest BCUT2D eigenvalue weighted by molar-refractivity contribution is 6.02. The van der Waals surface area contributed by atoms with Crippen molar-refractivity contribution < 1.29 is 4.79 Å². The van der Waals surface area contributed by atoms with E-state index in [2.05, 4.69) is 6.07 Å². The molecular weight excluding hydrogens is 402 g/mol. The Morgan fingerprint density at radius 1 is 0.875 bits per heavy atom. The van der Waals surface area contributed by atoms with E-state index in [1.807, 2.05) is 46.8 Å². The highest BCUT2D eigenvalue weighted by Gasteiger charge is 2.23. The summed E-state index contributed by atoms with van der Waals surface area (Å²) in [5.74, 6) is -0.154. The maximum atomic E-state index is 13.6. The molecule has 4 aromatic rings. The first-order valence-corrected chi connectivity index (χ1v) is 11.1. The molecule has 0 saturated heterocycles. The van der Waals surface area contributed by atoms with Crippen LogP contribution in [-0.2, 0) is 13.1 Å². The highest BCUT2D eigenvalue weighted by atomic mass is 16.2. The van der Waals surface area contributed by atoms with Gasteiger partial charge in [0.05, 0.1) is 22.6 Å². The number of nitrogens with zero attached hydrogens (tertiary/aromatic N) is 3. The van der Waals surface area contributed by atoms with Crippen LogP contribution in [0.5, 0.6) is 0 Å². The summed E-state index contributed by atoms with van der Waals surface area (Å²) in [6.45, 7) is 12.6. The van der Waals surface area contributed by atoms with Gasteiger partial charge in [-0.2, -0.15) is 0 Å². The van der Waals surface area contributed by atoms with Gasteiger partial charge in [-0.1, -0.05) is 11.6 Å². The minimum atomic E-state index is -0.681. The van der Waals surface area contributed by atoms with Gasteiger partial charge in [-0.25, -0.2) is 4.79 Å². The first-order valence-electron chi connectivity index (χ1n) is 11.1. The zero-order chi connectivity index (χ0) is 23.3. The molecule has 0 N–H and O–H groups in total. The summed E-state index contributed by atoms with van der Waals surface area (Å²) in [7, 11) is 0. The second kappa shape index (κ2) is 7.93. The van der Waals surface area contributed by atoms with E-state index in [0.29, 0.717) is 18.7 Å². The number of pyridine rings is 1. The Morgan fingerprint density at radius 3 is 2.19 bits per heavy atom. The van der Waals surface area contributed by atoms with Crippen molar-refractivity contribution in [2.75, 3.05) is 0 Å². The van der Waals surface area contributed by atoms with E-state index in [9.17, 15) is 14.4 Å². The number of ketones is 1. The van der Waals surface area contributed by atoms with Crippen LogP contribution in [0.2, 0.25) is 0 Å². The van der Waals surface area contributed by atoms with Crippen LogP contribution in [0.1, 0.15) is 53.9 Å². The lowest BCUT2D eigenvalue weighted by Gasteiger charge is -2.20. The van der Waals surface area contributed by atoms with Gasteiger partial charge in [-0.15, -0.1) is 0 Å². The lowest BCUT2D eigenvalue weighted by atomic mass is 10.00. The van der Waals surface area contributed by atoms with Crippen molar-refractivity contribution >= 4 is 27.7 Å². The van der Waals surface area contributed by atoms with Crippen molar-refractivity contribution in [1.82, 2.24) is 13.7 Å². The van der Waals surface area contributed by atoms with Gasteiger partial charge in [0.2, 0.25) is 0 Å². The van der Waals surface area contributed by atoms with Gasteiger partial charge in [0, 0.05) is 30.1 Å². The summed E-state index contributed by atoms with van der Waals surface area (Å²) in [6.07, 6.45) is 0. The summed E-state index contributed by atoms with van der Waals surface area (Å²) >= 11 is 0. The number of carbonyl (C=O) groups excluding carboxylic acids is 1. The molecule has 166 valence electrons. The van der Waals surface area contributed by atoms with Crippen LogP contribution >= 0.6 is 0 Å². The van der Waals surface area contributed by atoms with E-state index in [1.54, 1.807) is 38.8 Å². The van der Waals surface area contributed by atoms with Crippen molar-refractivity contribution in [3.8, 4) is 0 Å². The van der Waals surface area contributed by atoms with Gasteiger partial charge in [0.15, 0.2) is 5.78 Å². The fourth-order valence-corrected chi connectivity index (χ4v) is 4.85. The molecule has 0 aliphatic heterocycles. The number of fused-ring (bicyclic) bond motifs is 2. The predicted octanol–water partition coefficient (Wildman–Crippen LogP) is 4.53. The van der Waals surface area contributed by atoms with Gasteiger partial charge >= 0.3 is 5.69 Å². The molecule has 6 heteroatoms. The zero-order valence-corrected chi connectivity index (χ0v) is 19.5. The highest BCUT2D eigenvalue weighted by Crippen LogP contribution is 2.27. The van der Waals surface area contributed by atoms with E-state index in [4.69, 9.17) is 0 Å². The standard InChI is InChI=1S/C26H29N3O3/c1-7-27-21-10-9-19(14-22(21)28(8-2)26(27)32)25(31)18(6)29-23(30)13-16(4)20-12-15(3)11-17(5)24(20)29/h9-14,18H,7-8H2,1-6H3. The molecule has 0 radical (unpaired) electrons. The molecule has 6 nitrogen and oxygen atoms in total. The Labute approximate surface area is 186 Å². The molecule has 2 aromatic carbocycles. The van der Waals surface area contributed by atoms with Crippen molar-refractivity contribution in [3.05, 3.63) is 79.5 Å². The van der Waals surface area contributed by atoms with Crippen LogP contribution in [0.4, 0.5) is 0 Å². The summed E-state index contributed by atoms with van der Waals surface area (Å²) < 4.78 is 4.99. The number of Topliss-reactive ketones (excluding diaryl/α,β-unsaturated/α-hetero) is 1. The molecule has 2 heterocycles. The second-order valence-corrected chi connectivity index (χ2v) is 8.53. The van der Waals surface area contributed by atoms with Crippen LogP contribution < -0.4 is 11.2 Å². The number of imidazole rings is 1. The van der Waals surface area contributed by atoms with Crippen molar-refractivity contribution in [3.63, 3.8) is 0 Å². The number of hydrogen-bond donors (Lipinski definition) is 0. The topological polar surface area (TPSA) is 66.0 Å². The average Bonchev–Trinajstić information content (AvgIpc) is 3.03. The average molecular weight is 432 g/mol. The minimum Gasteiger partial charge on any atom is -0.297 e. The molecule has 2 aromatic heterocycles. The van der Waals surface area contributed by atoms with E-state index >= 15 is 0 Å². The number of hydrogen-bond acceptors (Lipinski definition) is 3. The predicted molar refractivity (Wildman–Crippen MR) is 129 cm³/mol. The van der Waals surface area contributed by atoms with Crippen LogP contribution in [-0.4, -0.2) is 19.5 Å². The summed E-state index contributed by atoms with van der Waals surface area (Å²) in [5.41, 5.74) is 5.57. The van der Waals surface area contributed by atoms with Crippen LogP contribution in [0, 0.1) is 20.8 Å². The number of carbonyl (C=O) groups is 1. The fraction of sp³-hybridized carbons (Fsp3) is 0.346. The van der Waals surface area contributed by atoms with Crippen molar-refractivity contribution in [1.29, 1.82) is 0 Å². The molecule has 0 bridgehead atoms. The smallest absolute Gasteiger partial charge is 0.297 e. The molecule has 0 fully saturated rings. The van der Waals surface area contributed by atoms with Gasteiger partial charge < -0.3 is 0 Å². The third-order valence-corrected chi connectivity index (χ3v) is 6.39. The van der Waals surface area contributed by atoms with Gasteiger partial charge in [0.25, 0.3) is 5.56 Å². The lowest BCUT2D eigenvalue weighted by Crippen LogP contribution is -2.29. The summed E-state index contributed by atoms with van der Waals surface area (Å²) in [6, 6.07) is 10.4. The monoisotopic (exact) mass is 431 g/mol. The SMILES string of the molecule is CCn1c(=O)n(CC)c2cc(C(=O)C(C)n3c(=O)cc(C)c4cc(C)cc(C)c43)ccc21. The molecule has 0 amide bonds. The van der Waals surface area contributed by atoms with Crippen molar-refractivity contribution in [2.24, 2.45) is 0 Å². The molecule has 0 spiro atoms. The van der Waals surface area contributed by atoms with E-state index < -0.39 is 6.04 Å². The normalized spacial score (nSPS) is 12.6. The first kappa shape index (κ1) is 21.8. The minimum absolute atomic E-state index is 0.0746. The number of aryl methyl sites for hydroxylation is 5. The van der Waals surface area contributed by atoms with Gasteiger partial charge in [-0.05, 0) is 76.9 Å². The molecule has 1 unspecified atom stereocenters. The molecule has 0 saturated carbocycles. The maximum Gasteiger partial charge on any atom is 0.329 e. The van der Waals surface area contributed by atoms with Crippen LogP contribution in [0.15, 0.2) is 46.0 Å². The summed E-state index contributed by atoms with van der Waals surface area (Å²) in [4.78, 5) is 39.3. The van der Waals surface area contributed by atoms with Crippen LogP contribution in [0.3, 0.4) is 0 Å². The molecule has 0 aliphatic rings. The Morgan fingerprint density at radius 2 is 1.53 bits per heavy atom. The lowest BCUT2D eigenvalue weighted by molar-refractivity contribution is 0.0935. The third kappa shape index (κ3) is 3.22. The van der Waals surface area contributed by atoms with E-state index in [-0.39, 0.29) is 17.0 Å². The maximum absolute atomic E-state index is 13.6. The van der Waals surface area contributed by atoms with E-state index in [0.717, 1.165) is 38.6 Å². The number of benzene rings is 2.